The number of sulfone groups is 1. The Morgan fingerprint density at radius 2 is 1.45 bits per heavy atom. The summed E-state index contributed by atoms with van der Waals surface area (Å²) in [7, 11) is -3.86. The lowest BCUT2D eigenvalue weighted by atomic mass is 10.0. The normalized spacial score (nSPS) is 27.1. The predicted molar refractivity (Wildman–Crippen MR) is 110 cm³/mol. The van der Waals surface area contributed by atoms with Crippen LogP contribution in [-0.4, -0.2) is 43.5 Å². The molecule has 1 aromatic carbocycles. The lowest BCUT2D eigenvalue weighted by Crippen LogP contribution is -2.54. The second-order valence-electron chi connectivity index (χ2n) is 9.53. The minimum atomic E-state index is -3.86. The van der Waals surface area contributed by atoms with Crippen molar-refractivity contribution in [3.63, 3.8) is 0 Å². The summed E-state index contributed by atoms with van der Waals surface area (Å²) >= 11 is 0. The molecule has 0 heterocycles. The van der Waals surface area contributed by atoms with Crippen LogP contribution in [0.25, 0.3) is 0 Å². The lowest BCUT2D eigenvalue weighted by molar-refractivity contribution is -0.159. The van der Waals surface area contributed by atoms with Gasteiger partial charge in [0.2, 0.25) is 0 Å². The van der Waals surface area contributed by atoms with Crippen molar-refractivity contribution >= 4 is 21.9 Å². The van der Waals surface area contributed by atoms with Crippen LogP contribution in [0, 0.1) is 5.92 Å². The predicted octanol–water partition coefficient (Wildman–Crippen LogP) is 3.18. The summed E-state index contributed by atoms with van der Waals surface area (Å²) in [5, 5.41) is 2.58. The monoisotopic (exact) mass is 425 g/mol. The van der Waals surface area contributed by atoms with Gasteiger partial charge in [-0.15, -0.1) is 0 Å². The van der Waals surface area contributed by atoms with E-state index >= 15 is 0 Å². The fraction of sp³-hybridized carbons (Fsp3) is 0.619. The van der Waals surface area contributed by atoms with E-state index in [4.69, 9.17) is 9.47 Å². The smallest absolute Gasteiger partial charge is 0.408 e. The molecule has 3 atom stereocenters. The fourth-order valence-electron chi connectivity index (χ4n) is 4.02. The van der Waals surface area contributed by atoms with E-state index in [1.54, 1.807) is 78.8 Å². The van der Waals surface area contributed by atoms with Gasteiger partial charge in [-0.25, -0.2) is 18.0 Å². The highest BCUT2D eigenvalue weighted by atomic mass is 32.2. The molecular weight excluding hydrogens is 394 g/mol. The molecule has 0 saturated heterocycles. The van der Waals surface area contributed by atoms with Gasteiger partial charge in [0.15, 0.2) is 15.4 Å². The van der Waals surface area contributed by atoms with Crippen LogP contribution in [0.4, 0.5) is 4.79 Å². The molecule has 0 radical (unpaired) electrons. The van der Waals surface area contributed by atoms with E-state index in [0.717, 1.165) is 6.26 Å². The maximum Gasteiger partial charge on any atom is 0.408 e. The summed E-state index contributed by atoms with van der Waals surface area (Å²) in [4.78, 5) is 26.0. The zero-order valence-electron chi connectivity index (χ0n) is 18.3. The summed E-state index contributed by atoms with van der Waals surface area (Å²) in [5.74, 6) is -1.58. The van der Waals surface area contributed by atoms with Gasteiger partial charge in [-0.3, -0.25) is 0 Å². The minimum absolute atomic E-state index is 0.414. The SMILES string of the molecule is CC1[C@](c2ccccc2)(S(C)(=O)=O)[C@]1(NC(=O)OC(C)(C)C)C(=O)OC(C)(C)C. The van der Waals surface area contributed by atoms with Crippen LogP contribution in [0.3, 0.4) is 0 Å². The van der Waals surface area contributed by atoms with Crippen LogP contribution < -0.4 is 5.32 Å². The summed E-state index contributed by atoms with van der Waals surface area (Å²) in [5.41, 5.74) is -3.09. The zero-order valence-corrected chi connectivity index (χ0v) is 19.1. The molecule has 1 N–H and O–H groups in total. The first-order chi connectivity index (χ1) is 13.0. The maximum absolute atomic E-state index is 13.3. The van der Waals surface area contributed by atoms with E-state index in [-0.39, 0.29) is 0 Å². The lowest BCUT2D eigenvalue weighted by Gasteiger charge is -2.29. The maximum atomic E-state index is 13.3. The van der Waals surface area contributed by atoms with Crippen molar-refractivity contribution in [2.24, 2.45) is 5.92 Å². The average Bonchev–Trinajstić information content (AvgIpc) is 3.05. The number of benzene rings is 1. The first kappa shape index (κ1) is 23.2. The third kappa shape index (κ3) is 3.99. The van der Waals surface area contributed by atoms with Gasteiger partial charge < -0.3 is 14.8 Å². The molecule has 0 spiro atoms. The zero-order chi connectivity index (χ0) is 22.5. The molecule has 29 heavy (non-hydrogen) atoms. The van der Waals surface area contributed by atoms with E-state index in [0.29, 0.717) is 5.56 Å². The Labute approximate surface area is 173 Å². The number of carbonyl (C=O) groups is 2. The molecule has 7 nitrogen and oxygen atoms in total. The minimum Gasteiger partial charge on any atom is -0.458 e. The molecule has 0 aliphatic heterocycles. The Bertz CT molecular complexity index is 897. The van der Waals surface area contributed by atoms with Crippen molar-refractivity contribution in [2.75, 3.05) is 6.26 Å². The number of alkyl carbamates (subject to hydrolysis) is 1. The topological polar surface area (TPSA) is 98.8 Å². The molecule has 1 amide bonds. The Hall–Kier alpha value is -2.09. The van der Waals surface area contributed by atoms with Crippen LogP contribution in [0.2, 0.25) is 0 Å². The van der Waals surface area contributed by atoms with Crippen molar-refractivity contribution in [3.8, 4) is 0 Å². The molecule has 2 rings (SSSR count). The van der Waals surface area contributed by atoms with Gasteiger partial charge in [-0.1, -0.05) is 37.3 Å². The number of ether oxygens (including phenoxy) is 2. The molecule has 1 unspecified atom stereocenters. The molecule has 8 heteroatoms. The Morgan fingerprint density at radius 3 is 1.86 bits per heavy atom. The summed E-state index contributed by atoms with van der Waals surface area (Å²) in [6, 6.07) is 8.42. The molecular formula is C21H31NO6S. The number of hydrogen-bond donors (Lipinski definition) is 1. The molecule has 1 aliphatic rings. The quantitative estimate of drug-likeness (QED) is 0.744. The van der Waals surface area contributed by atoms with Gasteiger partial charge in [0.25, 0.3) is 0 Å². The molecule has 0 aromatic heterocycles. The molecule has 1 saturated carbocycles. The number of carbonyl (C=O) groups excluding carboxylic acids is 2. The van der Waals surface area contributed by atoms with Gasteiger partial charge in [0.05, 0.1) is 0 Å². The van der Waals surface area contributed by atoms with Gasteiger partial charge in [-0.05, 0) is 47.1 Å². The number of esters is 1. The molecule has 1 fully saturated rings. The highest BCUT2D eigenvalue weighted by molar-refractivity contribution is 7.92. The van der Waals surface area contributed by atoms with E-state index in [1.807, 2.05) is 0 Å². The average molecular weight is 426 g/mol. The van der Waals surface area contributed by atoms with Crippen LogP contribution in [0.1, 0.15) is 54.0 Å². The van der Waals surface area contributed by atoms with Crippen LogP contribution in [0.5, 0.6) is 0 Å². The second kappa shape index (κ2) is 7.00. The van der Waals surface area contributed by atoms with Crippen LogP contribution >= 0.6 is 0 Å². The van der Waals surface area contributed by atoms with Crippen molar-refractivity contribution in [1.29, 1.82) is 0 Å². The van der Waals surface area contributed by atoms with Gasteiger partial charge in [0.1, 0.15) is 15.9 Å². The van der Waals surface area contributed by atoms with Crippen molar-refractivity contribution in [2.45, 2.75) is 70.0 Å². The molecule has 1 aromatic rings. The van der Waals surface area contributed by atoms with Gasteiger partial charge in [0, 0.05) is 12.2 Å². The molecule has 162 valence electrons. The standard InChI is InChI=1S/C21H31NO6S/c1-14-20(16(23)27-18(2,3)4,22-17(24)28-19(5,6)7)21(14,29(8,25)26)15-12-10-9-11-13-15/h9-14H,1-8H3,(H,22,24)/t14?,20-,21-/m1/s1. The van der Waals surface area contributed by atoms with Crippen LogP contribution in [0.15, 0.2) is 30.3 Å². The Kier molecular flexibility index (Phi) is 5.60. The van der Waals surface area contributed by atoms with Crippen molar-refractivity contribution < 1.29 is 27.5 Å². The number of amides is 1. The summed E-state index contributed by atoms with van der Waals surface area (Å²) < 4.78 is 35.4. The van der Waals surface area contributed by atoms with Crippen molar-refractivity contribution in [1.82, 2.24) is 5.32 Å². The fourth-order valence-corrected chi connectivity index (χ4v) is 6.24. The molecule has 0 bridgehead atoms. The van der Waals surface area contributed by atoms with Gasteiger partial charge in [-0.2, -0.15) is 0 Å². The number of rotatable bonds is 4. The summed E-state index contributed by atoms with van der Waals surface area (Å²) in [6.45, 7) is 11.7. The Morgan fingerprint density at radius 1 is 0.966 bits per heavy atom. The first-order valence-electron chi connectivity index (χ1n) is 9.49. The largest absolute Gasteiger partial charge is 0.458 e. The molecule has 1 aliphatic carbocycles. The summed E-state index contributed by atoms with van der Waals surface area (Å²) in [6.07, 6.45) is 0.191. The van der Waals surface area contributed by atoms with E-state index in [1.165, 1.54) is 0 Å². The highest BCUT2D eigenvalue weighted by Crippen LogP contribution is 2.66. The van der Waals surface area contributed by atoms with E-state index < -0.39 is 49.3 Å². The van der Waals surface area contributed by atoms with E-state index in [9.17, 15) is 18.0 Å². The highest BCUT2D eigenvalue weighted by Gasteiger charge is 2.86. The number of nitrogens with one attached hydrogen (secondary N) is 1. The van der Waals surface area contributed by atoms with Crippen LogP contribution in [-0.2, 0) is 28.9 Å². The Balaban J connectivity index is 2.67. The third-order valence-corrected chi connectivity index (χ3v) is 7.05. The number of hydrogen-bond acceptors (Lipinski definition) is 6. The van der Waals surface area contributed by atoms with Crippen molar-refractivity contribution in [3.05, 3.63) is 35.9 Å². The van der Waals surface area contributed by atoms with E-state index in [2.05, 4.69) is 5.32 Å². The third-order valence-electron chi connectivity index (χ3n) is 4.97. The second-order valence-corrected chi connectivity index (χ2v) is 11.7. The van der Waals surface area contributed by atoms with Gasteiger partial charge >= 0.3 is 12.1 Å². The first-order valence-corrected chi connectivity index (χ1v) is 11.4.